The van der Waals surface area contributed by atoms with Crippen molar-refractivity contribution in [3.63, 3.8) is 0 Å². The Balaban J connectivity index is -0.0000000704. The smallest absolute Gasteiger partial charge is 0.759 e. The summed E-state index contributed by atoms with van der Waals surface area (Å²) < 4.78 is 65.7. The Labute approximate surface area is 121 Å². The predicted molar refractivity (Wildman–Crippen MR) is 61.6 cm³/mol. The molecule has 0 aliphatic carbocycles. The van der Waals surface area contributed by atoms with Crippen molar-refractivity contribution in [3.05, 3.63) is 24.5 Å². The number of H-pyrrole nitrogens is 1. The van der Waals surface area contributed by atoms with Crippen LogP contribution in [0, 0.1) is 0 Å². The summed E-state index contributed by atoms with van der Waals surface area (Å²) in [7, 11) is -9.83. The van der Waals surface area contributed by atoms with Crippen molar-refractivity contribution >= 4 is 57.3 Å². The van der Waals surface area contributed by atoms with Crippen LogP contribution in [0.3, 0.4) is 0 Å². The summed E-state index contributed by atoms with van der Waals surface area (Å²) in [6.07, 6.45) is 3.75. The second kappa shape index (κ2) is 12.6. The van der Waals surface area contributed by atoms with Crippen molar-refractivity contribution in [1.82, 2.24) is 4.98 Å². The number of hydrogen-bond donors (Lipinski definition) is 3. The van der Waals surface area contributed by atoms with Gasteiger partial charge in [-0.1, -0.05) is 0 Å². The van der Waals surface area contributed by atoms with Crippen LogP contribution >= 0.6 is 13.5 Å². The Hall–Kier alpha value is 0.136. The summed E-state index contributed by atoms with van der Waals surface area (Å²) in [5.74, 6) is 0. The van der Waals surface area contributed by atoms with E-state index < -0.39 is 20.8 Å². The largest absolute Gasteiger partial charge is 2.00 e. The van der Waals surface area contributed by atoms with Crippen molar-refractivity contribution < 1.29 is 35.0 Å². The van der Waals surface area contributed by atoms with Crippen molar-refractivity contribution in [2.24, 2.45) is 0 Å². The van der Waals surface area contributed by atoms with Gasteiger partial charge in [-0.25, -0.2) is 0 Å². The van der Waals surface area contributed by atoms with Crippen LogP contribution in [0.25, 0.3) is 0 Å². The first-order valence-corrected chi connectivity index (χ1v) is 5.67. The molecular weight excluding hydrogens is 311 g/mol. The van der Waals surface area contributed by atoms with Crippen LogP contribution in [0.4, 0.5) is 0 Å². The molecule has 1 heterocycles. The first-order chi connectivity index (χ1) is 6.50. The number of aromatic nitrogens is 1. The summed E-state index contributed by atoms with van der Waals surface area (Å²) >= 11 is 0. The van der Waals surface area contributed by atoms with E-state index in [2.05, 4.69) is 4.98 Å². The van der Waals surface area contributed by atoms with Gasteiger partial charge in [-0.3, -0.25) is 17.5 Å². The van der Waals surface area contributed by atoms with Crippen LogP contribution in [0.1, 0.15) is 0 Å². The Kier molecular flexibility index (Phi) is 19.1. The molecule has 0 amide bonds. The zero-order valence-electron chi connectivity index (χ0n) is 8.18. The average Bonchev–Trinajstić information content (AvgIpc) is 2.28. The number of nitrogens with one attached hydrogen (secondary N) is 1. The Bertz CT molecular complexity index is 362. The molecule has 98 valence electrons. The molecule has 3 N–H and O–H groups in total. The quantitative estimate of drug-likeness (QED) is 0.302. The topological polar surface area (TPSA) is 171 Å². The maximum atomic E-state index is 8.74. The minimum atomic E-state index is -5.17. The Morgan fingerprint density at radius 1 is 0.941 bits per heavy atom. The minimum absolute atomic E-state index is 0. The van der Waals surface area contributed by atoms with Crippen LogP contribution in [-0.2, 0) is 20.8 Å². The third kappa shape index (κ3) is 122. The van der Waals surface area contributed by atoms with Gasteiger partial charge < -0.3 is 14.1 Å². The molecule has 0 saturated heterocycles. The molecule has 0 atom stereocenters. The van der Waals surface area contributed by atoms with Gasteiger partial charge in [0.15, 0.2) is 0 Å². The van der Waals surface area contributed by atoms with Gasteiger partial charge in [0.1, 0.15) is 0 Å². The van der Waals surface area contributed by atoms with E-state index in [1.54, 1.807) is 0 Å². The fraction of sp³-hybridized carbons (Fsp3) is 0. The summed E-state index contributed by atoms with van der Waals surface area (Å²) in [6.45, 7) is 0. The standard InChI is InChI=1S/C4H5N.Mg.2H2O4S.H2S/c1-2-4-5-3-1;;2*1-5(2,3)4;/h1-5H;;2*(H2,1,2,3,4);1H2/q;+2;;;/p-2. The van der Waals surface area contributed by atoms with E-state index in [4.69, 9.17) is 35.0 Å². The fourth-order valence-corrected chi connectivity index (χ4v) is 0.278. The van der Waals surface area contributed by atoms with Gasteiger partial charge in [-0.05, 0) is 12.1 Å². The maximum Gasteiger partial charge on any atom is 2.00 e. The summed E-state index contributed by atoms with van der Waals surface area (Å²) in [5, 5.41) is 0. The van der Waals surface area contributed by atoms with E-state index in [9.17, 15) is 0 Å². The zero-order valence-corrected chi connectivity index (χ0v) is 12.2. The fourth-order valence-electron chi connectivity index (χ4n) is 0.278. The van der Waals surface area contributed by atoms with Gasteiger partial charge in [-0.2, -0.15) is 21.9 Å². The molecule has 0 saturated carbocycles. The second-order valence-corrected chi connectivity index (χ2v) is 3.45. The second-order valence-electron chi connectivity index (χ2n) is 1.74. The number of rotatable bonds is 0. The zero-order chi connectivity index (χ0) is 12.5. The Morgan fingerprint density at radius 3 is 1.18 bits per heavy atom. The molecule has 13 heteroatoms. The molecule has 1 aromatic heterocycles. The molecular formula is C4H9MgNO8S3. The normalized spacial score (nSPS) is 9.18. The van der Waals surface area contributed by atoms with Gasteiger partial charge >= 0.3 is 33.5 Å². The summed E-state index contributed by atoms with van der Waals surface area (Å²) in [5.41, 5.74) is 0. The average molecular weight is 320 g/mol. The van der Waals surface area contributed by atoms with Crippen molar-refractivity contribution in [3.8, 4) is 0 Å². The maximum absolute atomic E-state index is 8.74. The van der Waals surface area contributed by atoms with Crippen LogP contribution in [-0.4, -0.2) is 63.1 Å². The molecule has 0 fully saturated rings. The van der Waals surface area contributed by atoms with Crippen LogP contribution in [0.15, 0.2) is 24.5 Å². The van der Waals surface area contributed by atoms with Crippen LogP contribution in [0.2, 0.25) is 0 Å². The van der Waals surface area contributed by atoms with Gasteiger partial charge in [0.25, 0.3) is 0 Å². The van der Waals surface area contributed by atoms with E-state index in [0.717, 1.165) is 0 Å². The van der Waals surface area contributed by atoms with E-state index in [0.29, 0.717) is 0 Å². The molecule has 0 aromatic carbocycles. The van der Waals surface area contributed by atoms with Gasteiger partial charge in [-0.15, -0.1) is 0 Å². The van der Waals surface area contributed by atoms with E-state index >= 15 is 0 Å². The first-order valence-electron chi connectivity index (χ1n) is 2.94. The van der Waals surface area contributed by atoms with Crippen molar-refractivity contribution in [2.45, 2.75) is 0 Å². The molecule has 0 aliphatic rings. The first kappa shape index (κ1) is 25.9. The van der Waals surface area contributed by atoms with Crippen molar-refractivity contribution in [2.75, 3.05) is 0 Å². The summed E-state index contributed by atoms with van der Waals surface area (Å²) in [4.78, 5) is 2.86. The molecule has 0 bridgehead atoms. The molecule has 0 unspecified atom stereocenters. The molecule has 17 heavy (non-hydrogen) atoms. The summed E-state index contributed by atoms with van der Waals surface area (Å²) in [6, 6.07) is 3.89. The van der Waals surface area contributed by atoms with Crippen LogP contribution < -0.4 is 0 Å². The number of hydrogen-bond acceptors (Lipinski definition) is 6. The number of aromatic amines is 1. The third-order valence-corrected chi connectivity index (χ3v) is 0.496. The molecule has 1 rings (SSSR count). The van der Waals surface area contributed by atoms with E-state index in [1.165, 1.54) is 0 Å². The minimum Gasteiger partial charge on any atom is -0.759 e. The van der Waals surface area contributed by atoms with Crippen molar-refractivity contribution in [1.29, 1.82) is 0 Å². The predicted octanol–water partition coefficient (Wildman–Crippen LogP) is -1.24. The SMILES string of the molecule is O=S(=O)(O)O.O=S(=O)([O-])[O-].S.[Mg+2].c1cc[nH]c1. The van der Waals surface area contributed by atoms with Gasteiger partial charge in [0.05, 0.1) is 0 Å². The Morgan fingerprint density at radius 2 is 1.12 bits per heavy atom. The third-order valence-electron chi connectivity index (χ3n) is 0.496. The van der Waals surface area contributed by atoms with Gasteiger partial charge in [0, 0.05) is 22.8 Å². The van der Waals surface area contributed by atoms with Gasteiger partial charge in [0.2, 0.25) is 0 Å². The molecule has 0 spiro atoms. The van der Waals surface area contributed by atoms with E-state index in [-0.39, 0.29) is 36.5 Å². The molecule has 9 nitrogen and oxygen atoms in total. The van der Waals surface area contributed by atoms with E-state index in [1.807, 2.05) is 24.5 Å². The van der Waals surface area contributed by atoms with Crippen LogP contribution in [0.5, 0.6) is 0 Å². The molecule has 0 aliphatic heterocycles. The monoisotopic (exact) mass is 319 g/mol. The molecule has 0 radical (unpaired) electrons. The molecule has 1 aromatic rings.